The van der Waals surface area contributed by atoms with Crippen LogP contribution in [0.15, 0.2) is 52.2 Å². The van der Waals surface area contributed by atoms with Crippen LogP contribution in [0.3, 0.4) is 0 Å². The molecule has 4 rings (SSSR count). The minimum atomic E-state index is -2.01. The number of aromatic amines is 1. The zero-order chi connectivity index (χ0) is 28.9. The Morgan fingerprint density at radius 2 is 1.77 bits per heavy atom. The molecule has 1 N–H and O–H groups in total. The molecule has 1 aromatic heterocycles. The maximum Gasteiger partial charge on any atom is 0.412 e. The van der Waals surface area contributed by atoms with Gasteiger partial charge in [-0.25, -0.2) is 18.5 Å². The van der Waals surface area contributed by atoms with Crippen molar-refractivity contribution in [1.82, 2.24) is 14.5 Å². The number of ether oxygens (including phenoxy) is 2. The summed E-state index contributed by atoms with van der Waals surface area (Å²) in [6, 6.07) is 10.1. The molecule has 1 unspecified atom stereocenters. The van der Waals surface area contributed by atoms with Crippen molar-refractivity contribution in [2.24, 2.45) is 0 Å². The summed E-state index contributed by atoms with van der Waals surface area (Å²) in [5, 5.41) is 0. The first-order valence-corrected chi connectivity index (χ1v) is 12.9. The molecule has 0 fully saturated rings. The Kier molecular flexibility index (Phi) is 7.00. The number of methoxy groups -OCH3 is 1. The molecule has 1 aliphatic carbocycles. The third-order valence-electron chi connectivity index (χ3n) is 6.95. The number of carbonyl (C=O) groups is 1. The molecule has 1 aliphatic rings. The molecule has 1 atom stereocenters. The first kappa shape index (κ1) is 28.1. The lowest BCUT2D eigenvalue weighted by Crippen LogP contribution is -2.45. The summed E-state index contributed by atoms with van der Waals surface area (Å²) in [4.78, 5) is 41.5. The smallest absolute Gasteiger partial charge is 0.412 e. The van der Waals surface area contributed by atoms with Crippen LogP contribution in [-0.4, -0.2) is 40.3 Å². The molecule has 3 aromatic rings. The maximum atomic E-state index is 16.3. The first-order chi connectivity index (χ1) is 18.1. The summed E-state index contributed by atoms with van der Waals surface area (Å²) in [6.45, 7) is 11.3. The fraction of sp³-hybridized carbons (Fsp3) is 0.433. The zero-order valence-electron chi connectivity index (χ0n) is 23.8. The average Bonchev–Trinajstić information content (AvgIpc) is 3.18. The van der Waals surface area contributed by atoms with Gasteiger partial charge >= 0.3 is 11.8 Å². The van der Waals surface area contributed by atoms with E-state index in [2.05, 4.69) is 4.98 Å². The van der Waals surface area contributed by atoms with Crippen LogP contribution in [-0.2, 0) is 22.4 Å². The van der Waals surface area contributed by atoms with E-state index in [0.29, 0.717) is 29.0 Å². The molecule has 0 saturated heterocycles. The molecule has 0 bridgehead atoms. The maximum absolute atomic E-state index is 16.3. The molecule has 9 heteroatoms. The number of hydrogen-bond donors (Lipinski definition) is 1. The van der Waals surface area contributed by atoms with Crippen molar-refractivity contribution in [3.63, 3.8) is 0 Å². The third kappa shape index (κ3) is 5.22. The van der Waals surface area contributed by atoms with Gasteiger partial charge in [0.2, 0.25) is 5.79 Å². The molecule has 208 valence electrons. The van der Waals surface area contributed by atoms with Crippen LogP contribution in [0.4, 0.5) is 9.18 Å². The third-order valence-corrected chi connectivity index (χ3v) is 6.95. The molecule has 1 heterocycles. The highest BCUT2D eigenvalue weighted by molar-refractivity contribution is 5.77. The standard InChI is InChI=1S/C30H36FN3O5/c1-28(2,3)23-17-20(34-24(35)12-14-32-26(34)36)16-21(25(23)38-8)18-9-10-22-19(15-18)11-13-30(22,31)33(7)27(37)39-29(4,5)6/h9-10,12,14-17H,11,13H2,1-8H3,(H,32,36). The van der Waals surface area contributed by atoms with Gasteiger partial charge in [0.15, 0.2) is 0 Å². The fourth-order valence-electron chi connectivity index (χ4n) is 5.00. The number of aromatic nitrogens is 2. The first-order valence-electron chi connectivity index (χ1n) is 12.9. The zero-order valence-corrected chi connectivity index (χ0v) is 23.8. The van der Waals surface area contributed by atoms with Gasteiger partial charge in [0.05, 0.1) is 12.8 Å². The molecule has 1 amide bonds. The minimum absolute atomic E-state index is 0.0979. The number of hydrogen-bond acceptors (Lipinski definition) is 5. The van der Waals surface area contributed by atoms with Crippen molar-refractivity contribution in [3.05, 3.63) is 80.1 Å². The van der Waals surface area contributed by atoms with E-state index >= 15 is 4.39 Å². The summed E-state index contributed by atoms with van der Waals surface area (Å²) in [5.74, 6) is -1.41. The van der Waals surface area contributed by atoms with Crippen LogP contribution in [0, 0.1) is 0 Å². The highest BCUT2D eigenvalue weighted by Gasteiger charge is 2.46. The molecule has 2 aromatic carbocycles. The number of carbonyl (C=O) groups excluding carboxylic acids is 1. The lowest BCUT2D eigenvalue weighted by Gasteiger charge is -2.33. The second-order valence-electron chi connectivity index (χ2n) is 12.0. The summed E-state index contributed by atoms with van der Waals surface area (Å²) in [6.07, 6.45) is 1.10. The molecule has 39 heavy (non-hydrogen) atoms. The van der Waals surface area contributed by atoms with Gasteiger partial charge in [0.1, 0.15) is 11.4 Å². The van der Waals surface area contributed by atoms with E-state index in [4.69, 9.17) is 9.47 Å². The minimum Gasteiger partial charge on any atom is -0.496 e. The summed E-state index contributed by atoms with van der Waals surface area (Å²) in [7, 11) is 2.99. The number of amides is 1. The highest BCUT2D eigenvalue weighted by Crippen LogP contribution is 2.46. The SMILES string of the molecule is COc1c(-c2ccc3c(c2)CCC3(F)N(C)C(=O)OC(C)(C)C)cc(-n2c(=O)cc[nH]c2=O)cc1C(C)(C)C. The van der Waals surface area contributed by atoms with Gasteiger partial charge in [-0.15, -0.1) is 0 Å². The van der Waals surface area contributed by atoms with E-state index in [-0.39, 0.29) is 11.8 Å². The number of nitrogens with one attached hydrogen (secondary N) is 1. The van der Waals surface area contributed by atoms with Crippen molar-refractivity contribution in [2.75, 3.05) is 14.2 Å². The summed E-state index contributed by atoms with van der Waals surface area (Å²) < 4.78 is 28.7. The van der Waals surface area contributed by atoms with Gasteiger partial charge in [0, 0.05) is 42.4 Å². The Balaban J connectivity index is 1.87. The van der Waals surface area contributed by atoms with Crippen LogP contribution in [0.1, 0.15) is 64.7 Å². The molecule has 0 spiro atoms. The Morgan fingerprint density at radius 3 is 2.36 bits per heavy atom. The molecule has 0 saturated carbocycles. The monoisotopic (exact) mass is 537 g/mol. The van der Waals surface area contributed by atoms with Crippen LogP contribution < -0.4 is 16.0 Å². The number of H-pyrrole nitrogens is 1. The number of benzene rings is 2. The molecular formula is C30H36FN3O5. The Labute approximate surface area is 227 Å². The second kappa shape index (κ2) is 9.70. The van der Waals surface area contributed by atoms with Gasteiger partial charge < -0.3 is 14.5 Å². The van der Waals surface area contributed by atoms with E-state index in [1.807, 2.05) is 26.8 Å². The summed E-state index contributed by atoms with van der Waals surface area (Å²) in [5.41, 5.74) is 1.61. The van der Waals surface area contributed by atoms with Crippen molar-refractivity contribution < 1.29 is 18.7 Å². The van der Waals surface area contributed by atoms with E-state index < -0.39 is 28.7 Å². The number of halogens is 1. The number of aryl methyl sites for hydroxylation is 1. The Morgan fingerprint density at radius 1 is 1.08 bits per heavy atom. The van der Waals surface area contributed by atoms with Gasteiger partial charge in [-0.3, -0.25) is 9.69 Å². The van der Waals surface area contributed by atoms with Crippen LogP contribution in [0.2, 0.25) is 0 Å². The second-order valence-corrected chi connectivity index (χ2v) is 12.0. The van der Waals surface area contributed by atoms with Gasteiger partial charge in [0.25, 0.3) is 5.56 Å². The van der Waals surface area contributed by atoms with E-state index in [9.17, 15) is 14.4 Å². The molecule has 8 nitrogen and oxygen atoms in total. The predicted octanol–water partition coefficient (Wildman–Crippen LogP) is 5.43. The quantitative estimate of drug-likeness (QED) is 0.448. The molecule has 0 aliphatic heterocycles. The molecular weight excluding hydrogens is 501 g/mol. The van der Waals surface area contributed by atoms with Crippen molar-refractivity contribution in [1.29, 1.82) is 0 Å². The van der Waals surface area contributed by atoms with Crippen molar-refractivity contribution in [2.45, 2.75) is 71.2 Å². The number of alkyl halides is 1. The van der Waals surface area contributed by atoms with Crippen molar-refractivity contribution in [3.8, 4) is 22.6 Å². The number of fused-ring (bicyclic) bond motifs is 1. The van der Waals surface area contributed by atoms with E-state index in [1.54, 1.807) is 52.1 Å². The topological polar surface area (TPSA) is 93.6 Å². The normalized spacial score (nSPS) is 17.1. The van der Waals surface area contributed by atoms with Crippen LogP contribution in [0.5, 0.6) is 5.75 Å². The fourth-order valence-corrected chi connectivity index (χ4v) is 5.00. The van der Waals surface area contributed by atoms with E-state index in [0.717, 1.165) is 26.2 Å². The number of nitrogens with zero attached hydrogens (tertiary/aromatic N) is 2. The van der Waals surface area contributed by atoms with E-state index in [1.165, 1.54) is 19.3 Å². The van der Waals surface area contributed by atoms with Crippen LogP contribution in [0.25, 0.3) is 16.8 Å². The van der Waals surface area contributed by atoms with Gasteiger partial charge in [-0.2, -0.15) is 0 Å². The Bertz CT molecular complexity index is 1520. The average molecular weight is 538 g/mol. The summed E-state index contributed by atoms with van der Waals surface area (Å²) >= 11 is 0. The highest BCUT2D eigenvalue weighted by atomic mass is 19.1. The Hall–Kier alpha value is -3.88. The molecule has 0 radical (unpaired) electrons. The predicted molar refractivity (Wildman–Crippen MR) is 148 cm³/mol. The van der Waals surface area contributed by atoms with Gasteiger partial charge in [-0.1, -0.05) is 39.0 Å². The lowest BCUT2D eigenvalue weighted by atomic mass is 9.83. The number of rotatable bonds is 4. The van der Waals surface area contributed by atoms with Crippen molar-refractivity contribution >= 4 is 6.09 Å². The largest absolute Gasteiger partial charge is 0.496 e. The van der Waals surface area contributed by atoms with Crippen LogP contribution >= 0.6 is 0 Å². The lowest BCUT2D eigenvalue weighted by molar-refractivity contribution is -0.0440. The van der Waals surface area contributed by atoms with Gasteiger partial charge in [-0.05, 0) is 55.9 Å².